The van der Waals surface area contributed by atoms with Crippen LogP contribution in [0.5, 0.6) is 0 Å². The Labute approximate surface area is 122 Å². The van der Waals surface area contributed by atoms with Gasteiger partial charge < -0.3 is 9.88 Å². The first kappa shape index (κ1) is 13.4. The number of hydrogen-bond donors (Lipinski definition) is 1. The molecule has 3 heterocycles. The molecule has 0 aliphatic carbocycles. The van der Waals surface area contributed by atoms with Crippen molar-refractivity contribution >= 4 is 17.2 Å². The Kier molecular flexibility index (Phi) is 3.87. The lowest BCUT2D eigenvalue weighted by Gasteiger charge is -2.24. The molecular formula is C15H19N3OS. The number of imidazole rings is 1. The molecule has 0 spiro atoms. The van der Waals surface area contributed by atoms with Crippen molar-refractivity contribution in [3.8, 4) is 0 Å². The first-order chi connectivity index (χ1) is 9.70. The fourth-order valence-corrected chi connectivity index (χ4v) is 3.40. The van der Waals surface area contributed by atoms with Crippen molar-refractivity contribution in [2.45, 2.75) is 45.2 Å². The van der Waals surface area contributed by atoms with Gasteiger partial charge >= 0.3 is 0 Å². The minimum atomic E-state index is 0.154. The van der Waals surface area contributed by atoms with Crippen LogP contribution >= 0.6 is 11.3 Å². The van der Waals surface area contributed by atoms with Crippen molar-refractivity contribution in [2.75, 3.05) is 0 Å². The maximum Gasteiger partial charge on any atom is 0.220 e. The Bertz CT molecular complexity index is 588. The minimum absolute atomic E-state index is 0.154. The topological polar surface area (TPSA) is 46.9 Å². The number of aryl methyl sites for hydroxylation is 3. The molecule has 0 fully saturated rings. The first-order valence-corrected chi connectivity index (χ1v) is 7.98. The molecule has 3 rings (SSSR count). The van der Waals surface area contributed by atoms with Gasteiger partial charge in [-0.3, -0.25) is 4.79 Å². The quantitative estimate of drug-likeness (QED) is 0.939. The predicted octanol–water partition coefficient (Wildman–Crippen LogP) is 2.32. The van der Waals surface area contributed by atoms with E-state index in [1.54, 1.807) is 11.3 Å². The molecule has 1 amide bonds. The molecule has 5 heteroatoms. The van der Waals surface area contributed by atoms with E-state index in [9.17, 15) is 4.79 Å². The van der Waals surface area contributed by atoms with Gasteiger partial charge in [-0.05, 0) is 42.2 Å². The van der Waals surface area contributed by atoms with E-state index >= 15 is 0 Å². The average molecular weight is 289 g/mol. The summed E-state index contributed by atoms with van der Waals surface area (Å²) in [6.07, 6.45) is 5.41. The summed E-state index contributed by atoms with van der Waals surface area (Å²) in [6.45, 7) is 2.86. The third-order valence-corrected chi connectivity index (χ3v) is 4.43. The van der Waals surface area contributed by atoms with Crippen LogP contribution in [0, 0.1) is 6.92 Å². The number of aromatic nitrogens is 2. The molecule has 2 aromatic heterocycles. The molecule has 4 nitrogen and oxygen atoms in total. The lowest BCUT2D eigenvalue weighted by Crippen LogP contribution is -2.40. The molecule has 1 N–H and O–H groups in total. The highest BCUT2D eigenvalue weighted by molar-refractivity contribution is 7.07. The van der Waals surface area contributed by atoms with Crippen LogP contribution in [0.25, 0.3) is 0 Å². The average Bonchev–Trinajstić information content (AvgIpc) is 3.04. The van der Waals surface area contributed by atoms with E-state index in [-0.39, 0.29) is 11.9 Å². The number of fused-ring (bicyclic) bond motifs is 1. The molecule has 1 atom stereocenters. The normalized spacial score (nSPS) is 17.8. The third kappa shape index (κ3) is 3.10. The summed E-state index contributed by atoms with van der Waals surface area (Å²) in [5, 5.41) is 7.31. The Hall–Kier alpha value is -1.62. The van der Waals surface area contributed by atoms with Gasteiger partial charge in [-0.25, -0.2) is 4.98 Å². The standard InChI is InChI=1S/C15H19N3OS/c1-11-8-18-9-13(3-4-14(18)16-11)17-15(19)5-2-12-6-7-20-10-12/h6-8,10,13H,2-5,9H2,1H3,(H,17,19)/t13-/m0/s1. The SMILES string of the molecule is Cc1cn2c(n1)CC[C@H](NC(=O)CCc1ccsc1)C2. The predicted molar refractivity (Wildman–Crippen MR) is 79.9 cm³/mol. The highest BCUT2D eigenvalue weighted by Gasteiger charge is 2.20. The molecule has 20 heavy (non-hydrogen) atoms. The van der Waals surface area contributed by atoms with Crippen molar-refractivity contribution in [3.05, 3.63) is 40.1 Å². The molecule has 0 aromatic carbocycles. The van der Waals surface area contributed by atoms with E-state index < -0.39 is 0 Å². The second-order valence-electron chi connectivity index (χ2n) is 5.39. The monoisotopic (exact) mass is 289 g/mol. The summed E-state index contributed by atoms with van der Waals surface area (Å²) in [5.74, 6) is 1.30. The van der Waals surface area contributed by atoms with E-state index in [1.165, 1.54) is 5.56 Å². The molecule has 0 saturated carbocycles. The summed E-state index contributed by atoms with van der Waals surface area (Å²) in [4.78, 5) is 16.5. The van der Waals surface area contributed by atoms with Gasteiger partial charge in [-0.1, -0.05) is 0 Å². The molecule has 0 radical (unpaired) electrons. The zero-order valence-electron chi connectivity index (χ0n) is 11.6. The van der Waals surface area contributed by atoms with Gasteiger partial charge in [0, 0.05) is 31.6 Å². The van der Waals surface area contributed by atoms with Gasteiger partial charge in [-0.15, -0.1) is 0 Å². The molecule has 0 saturated heterocycles. The Morgan fingerprint density at radius 2 is 2.50 bits per heavy atom. The van der Waals surface area contributed by atoms with E-state index in [2.05, 4.69) is 37.9 Å². The summed E-state index contributed by atoms with van der Waals surface area (Å²) >= 11 is 1.68. The number of hydrogen-bond acceptors (Lipinski definition) is 3. The lowest BCUT2D eigenvalue weighted by molar-refractivity contribution is -0.122. The summed E-state index contributed by atoms with van der Waals surface area (Å²) in [6, 6.07) is 2.32. The van der Waals surface area contributed by atoms with Crippen LogP contribution in [-0.2, 0) is 24.2 Å². The molecule has 1 aliphatic rings. The molecule has 0 bridgehead atoms. The van der Waals surface area contributed by atoms with E-state index in [0.717, 1.165) is 37.3 Å². The van der Waals surface area contributed by atoms with Gasteiger partial charge in [0.25, 0.3) is 0 Å². The largest absolute Gasteiger partial charge is 0.352 e. The Morgan fingerprint density at radius 1 is 1.60 bits per heavy atom. The van der Waals surface area contributed by atoms with E-state index in [4.69, 9.17) is 0 Å². The van der Waals surface area contributed by atoms with Crippen LogP contribution in [0.3, 0.4) is 0 Å². The van der Waals surface area contributed by atoms with Crippen molar-refractivity contribution in [1.82, 2.24) is 14.9 Å². The molecule has 2 aromatic rings. The second kappa shape index (κ2) is 5.79. The van der Waals surface area contributed by atoms with Crippen molar-refractivity contribution in [1.29, 1.82) is 0 Å². The number of rotatable bonds is 4. The zero-order chi connectivity index (χ0) is 13.9. The van der Waals surface area contributed by atoms with Crippen molar-refractivity contribution < 1.29 is 4.79 Å². The highest BCUT2D eigenvalue weighted by atomic mass is 32.1. The third-order valence-electron chi connectivity index (χ3n) is 3.70. The van der Waals surface area contributed by atoms with Crippen LogP contribution < -0.4 is 5.32 Å². The molecule has 1 aliphatic heterocycles. The second-order valence-corrected chi connectivity index (χ2v) is 6.17. The Balaban J connectivity index is 1.50. The van der Waals surface area contributed by atoms with E-state index in [0.29, 0.717) is 6.42 Å². The number of amides is 1. The van der Waals surface area contributed by atoms with Gasteiger partial charge in [0.05, 0.1) is 5.69 Å². The summed E-state index contributed by atoms with van der Waals surface area (Å²) < 4.78 is 2.17. The van der Waals surface area contributed by atoms with Crippen molar-refractivity contribution in [3.63, 3.8) is 0 Å². The molecular weight excluding hydrogens is 270 g/mol. The number of carbonyl (C=O) groups excluding carboxylic acids is 1. The van der Waals surface area contributed by atoms with Gasteiger partial charge in [0.2, 0.25) is 5.91 Å². The maximum absolute atomic E-state index is 12.0. The molecule has 106 valence electrons. The van der Waals surface area contributed by atoms with Crippen LogP contribution in [0.1, 0.15) is 29.9 Å². The van der Waals surface area contributed by atoms with Crippen LogP contribution in [-0.4, -0.2) is 21.5 Å². The number of nitrogens with zero attached hydrogens (tertiary/aromatic N) is 2. The van der Waals surface area contributed by atoms with Crippen LogP contribution in [0.2, 0.25) is 0 Å². The first-order valence-electron chi connectivity index (χ1n) is 7.04. The molecule has 0 unspecified atom stereocenters. The summed E-state index contributed by atoms with van der Waals surface area (Å²) in [7, 11) is 0. The number of thiophene rings is 1. The number of nitrogens with one attached hydrogen (secondary N) is 1. The van der Waals surface area contributed by atoms with Gasteiger partial charge in [0.1, 0.15) is 5.82 Å². The van der Waals surface area contributed by atoms with Crippen LogP contribution in [0.4, 0.5) is 0 Å². The van der Waals surface area contributed by atoms with Gasteiger partial charge in [0.15, 0.2) is 0 Å². The lowest BCUT2D eigenvalue weighted by atomic mass is 10.1. The Morgan fingerprint density at radius 3 is 3.30 bits per heavy atom. The highest BCUT2D eigenvalue weighted by Crippen LogP contribution is 2.15. The smallest absolute Gasteiger partial charge is 0.220 e. The summed E-state index contributed by atoms with van der Waals surface area (Å²) in [5.41, 5.74) is 2.31. The fourth-order valence-electron chi connectivity index (χ4n) is 2.70. The maximum atomic E-state index is 12.0. The number of carbonyl (C=O) groups is 1. The van der Waals surface area contributed by atoms with E-state index in [1.807, 2.05) is 6.92 Å². The fraction of sp³-hybridized carbons (Fsp3) is 0.467. The zero-order valence-corrected chi connectivity index (χ0v) is 12.4. The van der Waals surface area contributed by atoms with Gasteiger partial charge in [-0.2, -0.15) is 11.3 Å². The van der Waals surface area contributed by atoms with Crippen molar-refractivity contribution in [2.24, 2.45) is 0 Å². The van der Waals surface area contributed by atoms with Crippen LogP contribution in [0.15, 0.2) is 23.0 Å². The minimum Gasteiger partial charge on any atom is -0.352 e.